The van der Waals surface area contributed by atoms with Crippen molar-refractivity contribution in [2.75, 3.05) is 0 Å². The predicted molar refractivity (Wildman–Crippen MR) is 39.7 cm³/mol. The maximum absolute atomic E-state index is 12.4. The molecule has 6 heteroatoms. The summed E-state index contributed by atoms with van der Waals surface area (Å²) in [5.74, 6) is -0.788. The molecule has 12 heavy (non-hydrogen) atoms. The Bertz CT molecular complexity index is 402. The van der Waals surface area contributed by atoms with Crippen molar-refractivity contribution >= 4 is 21.8 Å². The molecule has 0 N–H and O–H groups in total. The van der Waals surface area contributed by atoms with Crippen LogP contribution < -0.4 is 0 Å². The van der Waals surface area contributed by atoms with E-state index in [9.17, 15) is 16.7 Å². The van der Waals surface area contributed by atoms with Gasteiger partial charge in [0.05, 0.1) is 5.02 Å². The normalized spacial score (nSPS) is 11.6. The van der Waals surface area contributed by atoms with E-state index in [1.807, 2.05) is 0 Å². The Hall–Kier alpha value is -0.680. The standard InChI is InChI=1S/C6H3ClF2O2S/c7-5-3-4(12(9,10)11)1-2-6(5)8/h1-3H. The molecule has 0 radical (unpaired) electrons. The Morgan fingerprint density at radius 2 is 1.92 bits per heavy atom. The summed E-state index contributed by atoms with van der Waals surface area (Å²) >= 11 is 5.21. The van der Waals surface area contributed by atoms with Crippen molar-refractivity contribution in [1.29, 1.82) is 0 Å². The van der Waals surface area contributed by atoms with Crippen LogP contribution in [0.15, 0.2) is 23.1 Å². The first-order valence-electron chi connectivity index (χ1n) is 2.81. The van der Waals surface area contributed by atoms with Crippen LogP contribution in [0.3, 0.4) is 0 Å². The summed E-state index contributed by atoms with van der Waals surface area (Å²) in [6, 6.07) is 2.30. The minimum atomic E-state index is -4.79. The number of rotatable bonds is 1. The van der Waals surface area contributed by atoms with Gasteiger partial charge in [0.25, 0.3) is 0 Å². The van der Waals surface area contributed by atoms with E-state index in [0.717, 1.165) is 12.1 Å². The third-order valence-electron chi connectivity index (χ3n) is 1.17. The van der Waals surface area contributed by atoms with Crippen LogP contribution in [0.25, 0.3) is 0 Å². The molecule has 0 aliphatic carbocycles. The fourth-order valence-electron chi connectivity index (χ4n) is 0.629. The highest BCUT2D eigenvalue weighted by atomic mass is 35.5. The summed E-state index contributed by atoms with van der Waals surface area (Å²) in [5, 5.41) is -0.422. The van der Waals surface area contributed by atoms with E-state index >= 15 is 0 Å². The second-order valence-corrected chi connectivity index (χ2v) is 3.77. The van der Waals surface area contributed by atoms with E-state index in [2.05, 4.69) is 0 Å². The summed E-state index contributed by atoms with van der Waals surface area (Å²) < 4.78 is 45.2. The van der Waals surface area contributed by atoms with Gasteiger partial charge in [-0.2, -0.15) is 8.42 Å². The molecule has 0 aromatic heterocycles. The minimum Gasteiger partial charge on any atom is -0.205 e. The molecule has 0 saturated carbocycles. The maximum atomic E-state index is 12.4. The molecule has 66 valence electrons. The van der Waals surface area contributed by atoms with Gasteiger partial charge in [0.2, 0.25) is 0 Å². The van der Waals surface area contributed by atoms with Gasteiger partial charge in [-0.05, 0) is 18.2 Å². The number of halogens is 3. The average Bonchev–Trinajstić information content (AvgIpc) is 1.92. The van der Waals surface area contributed by atoms with Crippen molar-refractivity contribution in [2.24, 2.45) is 0 Å². The molecule has 0 heterocycles. The lowest BCUT2D eigenvalue weighted by Gasteiger charge is -1.95. The molecule has 1 rings (SSSR count). The smallest absolute Gasteiger partial charge is 0.205 e. The zero-order chi connectivity index (χ0) is 9.35. The van der Waals surface area contributed by atoms with Crippen molar-refractivity contribution in [3.63, 3.8) is 0 Å². The predicted octanol–water partition coefficient (Wildman–Crippen LogP) is 2.14. The van der Waals surface area contributed by atoms with Crippen LogP contribution in [0.5, 0.6) is 0 Å². The maximum Gasteiger partial charge on any atom is 0.332 e. The molecule has 0 amide bonds. The Balaban J connectivity index is 3.33. The Morgan fingerprint density at radius 1 is 1.33 bits per heavy atom. The van der Waals surface area contributed by atoms with Crippen LogP contribution in [0.1, 0.15) is 0 Å². The zero-order valence-corrected chi connectivity index (χ0v) is 7.16. The van der Waals surface area contributed by atoms with Crippen molar-refractivity contribution in [3.05, 3.63) is 29.0 Å². The molecule has 0 bridgehead atoms. The molecule has 0 atom stereocenters. The van der Waals surface area contributed by atoms with Gasteiger partial charge in [-0.3, -0.25) is 0 Å². The Labute approximate surface area is 73.0 Å². The lowest BCUT2D eigenvalue weighted by molar-refractivity contribution is 0.551. The summed E-state index contributed by atoms with van der Waals surface area (Å²) in [6.45, 7) is 0. The number of hydrogen-bond donors (Lipinski definition) is 0. The molecule has 1 aromatic rings. The van der Waals surface area contributed by atoms with Gasteiger partial charge in [0.1, 0.15) is 10.7 Å². The summed E-state index contributed by atoms with van der Waals surface area (Å²) in [6.07, 6.45) is 0. The first-order valence-corrected chi connectivity index (χ1v) is 4.57. The number of hydrogen-bond acceptors (Lipinski definition) is 2. The third-order valence-corrected chi connectivity index (χ3v) is 2.28. The Kier molecular flexibility index (Phi) is 2.34. The van der Waals surface area contributed by atoms with Crippen molar-refractivity contribution < 1.29 is 16.7 Å². The van der Waals surface area contributed by atoms with E-state index < -0.39 is 26.0 Å². The van der Waals surface area contributed by atoms with E-state index in [4.69, 9.17) is 11.6 Å². The van der Waals surface area contributed by atoms with Crippen molar-refractivity contribution in [2.45, 2.75) is 4.90 Å². The molecule has 0 saturated heterocycles. The lowest BCUT2D eigenvalue weighted by atomic mass is 10.3. The van der Waals surface area contributed by atoms with Crippen LogP contribution >= 0.6 is 11.6 Å². The van der Waals surface area contributed by atoms with Gasteiger partial charge >= 0.3 is 10.2 Å². The highest BCUT2D eigenvalue weighted by Crippen LogP contribution is 2.20. The zero-order valence-electron chi connectivity index (χ0n) is 5.59. The van der Waals surface area contributed by atoms with Gasteiger partial charge in [0.15, 0.2) is 0 Å². The number of benzene rings is 1. The summed E-state index contributed by atoms with van der Waals surface area (Å²) in [5.41, 5.74) is 0. The molecule has 0 spiro atoms. The average molecular weight is 213 g/mol. The Morgan fingerprint density at radius 3 is 2.33 bits per heavy atom. The molecular weight excluding hydrogens is 210 g/mol. The summed E-state index contributed by atoms with van der Waals surface area (Å²) in [7, 11) is -4.79. The lowest BCUT2D eigenvalue weighted by Crippen LogP contribution is -1.92. The SMILES string of the molecule is O=S(=O)(F)c1ccc(F)c(Cl)c1. The topological polar surface area (TPSA) is 34.1 Å². The molecule has 1 aromatic carbocycles. The van der Waals surface area contributed by atoms with Gasteiger partial charge in [0, 0.05) is 0 Å². The van der Waals surface area contributed by atoms with Crippen LogP contribution in [-0.2, 0) is 10.2 Å². The highest BCUT2D eigenvalue weighted by Gasteiger charge is 2.13. The van der Waals surface area contributed by atoms with E-state index in [-0.39, 0.29) is 0 Å². The second-order valence-electron chi connectivity index (χ2n) is 2.01. The minimum absolute atomic E-state index is 0.422. The van der Waals surface area contributed by atoms with Crippen LogP contribution in [0.4, 0.5) is 8.28 Å². The van der Waals surface area contributed by atoms with Gasteiger partial charge in [-0.1, -0.05) is 11.6 Å². The molecule has 0 aliphatic rings. The molecular formula is C6H3ClF2O2S. The van der Waals surface area contributed by atoms with E-state index in [1.165, 1.54) is 0 Å². The fraction of sp³-hybridized carbons (Fsp3) is 0. The molecule has 0 fully saturated rings. The first kappa shape index (κ1) is 9.41. The van der Waals surface area contributed by atoms with Crippen molar-refractivity contribution in [1.82, 2.24) is 0 Å². The molecule has 2 nitrogen and oxygen atoms in total. The van der Waals surface area contributed by atoms with Crippen LogP contribution in [0.2, 0.25) is 5.02 Å². The van der Waals surface area contributed by atoms with E-state index in [1.54, 1.807) is 0 Å². The third kappa shape index (κ3) is 1.92. The first-order chi connectivity index (χ1) is 5.41. The quantitative estimate of drug-likeness (QED) is 0.669. The van der Waals surface area contributed by atoms with Crippen LogP contribution in [-0.4, -0.2) is 8.42 Å². The summed E-state index contributed by atoms with van der Waals surface area (Å²) in [4.78, 5) is -0.645. The van der Waals surface area contributed by atoms with E-state index in [0.29, 0.717) is 6.07 Å². The van der Waals surface area contributed by atoms with Gasteiger partial charge in [-0.15, -0.1) is 3.89 Å². The molecule has 0 aliphatic heterocycles. The van der Waals surface area contributed by atoms with Gasteiger partial charge in [-0.25, -0.2) is 4.39 Å². The van der Waals surface area contributed by atoms with Crippen molar-refractivity contribution in [3.8, 4) is 0 Å². The van der Waals surface area contributed by atoms with Gasteiger partial charge < -0.3 is 0 Å². The fourth-order valence-corrected chi connectivity index (χ4v) is 1.36. The van der Waals surface area contributed by atoms with Crippen LogP contribution in [0, 0.1) is 5.82 Å². The largest absolute Gasteiger partial charge is 0.332 e. The highest BCUT2D eigenvalue weighted by molar-refractivity contribution is 7.86. The second kappa shape index (κ2) is 2.99. The monoisotopic (exact) mass is 212 g/mol. The molecule has 0 unspecified atom stereocenters.